The van der Waals surface area contributed by atoms with E-state index in [9.17, 15) is 14.7 Å². The summed E-state index contributed by atoms with van der Waals surface area (Å²) in [4.78, 5) is 23.6. The molecule has 0 aliphatic heterocycles. The smallest absolute Gasteiger partial charge is 0.311 e. The summed E-state index contributed by atoms with van der Waals surface area (Å²) in [6.07, 6.45) is 1.56. The van der Waals surface area contributed by atoms with E-state index >= 15 is 0 Å². The van der Waals surface area contributed by atoms with E-state index in [-0.39, 0.29) is 18.4 Å². The lowest BCUT2D eigenvalue weighted by Gasteiger charge is -2.27. The quantitative estimate of drug-likeness (QED) is 0.694. The number of carbonyl (C=O) groups is 2. The van der Waals surface area contributed by atoms with Crippen LogP contribution in [0.3, 0.4) is 0 Å². The number of para-hydroxylation sites is 1. The van der Waals surface area contributed by atoms with Gasteiger partial charge in [0.05, 0.1) is 12.0 Å². The fraction of sp³-hybridized carbons (Fsp3) is 0.556. The van der Waals surface area contributed by atoms with Crippen LogP contribution in [0.5, 0.6) is 5.75 Å². The van der Waals surface area contributed by atoms with Gasteiger partial charge in [-0.15, -0.1) is 0 Å². The molecule has 5 nitrogen and oxygen atoms in total. The van der Waals surface area contributed by atoms with Crippen molar-refractivity contribution in [3.05, 3.63) is 30.3 Å². The van der Waals surface area contributed by atoms with Crippen molar-refractivity contribution in [2.75, 3.05) is 13.2 Å². The number of rotatable bonds is 10. The number of carbonyl (C=O) groups excluding carboxylic acids is 1. The fourth-order valence-electron chi connectivity index (χ4n) is 2.31. The molecular formula is C18H27NO4. The van der Waals surface area contributed by atoms with Gasteiger partial charge in [-0.05, 0) is 31.4 Å². The van der Waals surface area contributed by atoms with Gasteiger partial charge in [-0.1, -0.05) is 39.0 Å². The van der Waals surface area contributed by atoms with Gasteiger partial charge >= 0.3 is 5.97 Å². The second-order valence-corrected chi connectivity index (χ2v) is 5.86. The highest BCUT2D eigenvalue weighted by molar-refractivity contribution is 5.80. The lowest BCUT2D eigenvalue weighted by atomic mass is 9.82. The van der Waals surface area contributed by atoms with Crippen molar-refractivity contribution in [2.24, 2.45) is 11.3 Å². The molecule has 0 heterocycles. The summed E-state index contributed by atoms with van der Waals surface area (Å²) in [5.74, 6) is -0.432. The average molecular weight is 321 g/mol. The molecule has 0 bridgehead atoms. The van der Waals surface area contributed by atoms with Gasteiger partial charge in [-0.3, -0.25) is 9.59 Å². The van der Waals surface area contributed by atoms with Gasteiger partial charge in [0, 0.05) is 12.5 Å². The molecule has 1 aromatic rings. The maximum absolute atomic E-state index is 12.1. The van der Waals surface area contributed by atoms with Crippen molar-refractivity contribution in [3.63, 3.8) is 0 Å². The summed E-state index contributed by atoms with van der Waals surface area (Å²) in [5, 5.41) is 12.2. The van der Waals surface area contributed by atoms with E-state index in [0.29, 0.717) is 25.9 Å². The Morgan fingerprint density at radius 1 is 1.22 bits per heavy atom. The van der Waals surface area contributed by atoms with E-state index in [1.165, 1.54) is 0 Å². The van der Waals surface area contributed by atoms with Crippen LogP contribution in [-0.2, 0) is 9.59 Å². The zero-order chi connectivity index (χ0) is 17.3. The summed E-state index contributed by atoms with van der Waals surface area (Å²) in [6, 6.07) is 9.45. The first-order chi connectivity index (χ1) is 10.9. The molecule has 0 spiro atoms. The third kappa shape index (κ3) is 5.58. The van der Waals surface area contributed by atoms with Crippen LogP contribution in [0.1, 0.15) is 40.0 Å². The van der Waals surface area contributed by atoms with Crippen LogP contribution >= 0.6 is 0 Å². The molecule has 1 rings (SSSR count). The number of amides is 1. The molecule has 0 aliphatic carbocycles. The Labute approximate surface area is 138 Å². The van der Waals surface area contributed by atoms with Crippen molar-refractivity contribution >= 4 is 11.9 Å². The minimum atomic E-state index is -0.879. The predicted molar refractivity (Wildman–Crippen MR) is 89.4 cm³/mol. The summed E-state index contributed by atoms with van der Waals surface area (Å²) in [6.45, 7) is 6.11. The monoisotopic (exact) mass is 321 g/mol. The average Bonchev–Trinajstić information content (AvgIpc) is 2.56. The van der Waals surface area contributed by atoms with Gasteiger partial charge in [0.15, 0.2) is 0 Å². The molecule has 0 radical (unpaired) electrons. The van der Waals surface area contributed by atoms with Gasteiger partial charge in [0.1, 0.15) is 5.75 Å². The Hall–Kier alpha value is -2.04. The maximum Gasteiger partial charge on any atom is 0.311 e. The number of benzene rings is 1. The van der Waals surface area contributed by atoms with Crippen molar-refractivity contribution in [3.8, 4) is 5.75 Å². The van der Waals surface area contributed by atoms with Gasteiger partial charge in [-0.2, -0.15) is 0 Å². The van der Waals surface area contributed by atoms with Crippen LogP contribution in [0.25, 0.3) is 0 Å². The molecular weight excluding hydrogens is 294 g/mol. The lowest BCUT2D eigenvalue weighted by Crippen LogP contribution is -2.44. The molecule has 23 heavy (non-hydrogen) atoms. The zero-order valence-corrected chi connectivity index (χ0v) is 14.2. The normalized spacial score (nSPS) is 12.5. The molecule has 1 aromatic carbocycles. The molecule has 0 saturated carbocycles. The van der Waals surface area contributed by atoms with Crippen molar-refractivity contribution < 1.29 is 19.4 Å². The number of hydrogen-bond acceptors (Lipinski definition) is 3. The Kier molecular flexibility index (Phi) is 7.59. The van der Waals surface area contributed by atoms with E-state index in [0.717, 1.165) is 5.75 Å². The first-order valence-corrected chi connectivity index (χ1v) is 8.14. The number of aliphatic carboxylic acids is 1. The molecule has 0 aromatic heterocycles. The standard InChI is InChI=1S/C18H27NO4/c1-4-18(5-2,17(21)22)13-19-16(20)14(3)11-12-23-15-9-7-6-8-10-15/h6-10,14H,4-5,11-13H2,1-3H3,(H,19,20)(H,21,22). The van der Waals surface area contributed by atoms with Crippen molar-refractivity contribution in [2.45, 2.75) is 40.0 Å². The van der Waals surface area contributed by atoms with Crippen LogP contribution in [-0.4, -0.2) is 30.1 Å². The molecule has 0 fully saturated rings. The number of nitrogens with one attached hydrogen (secondary N) is 1. The highest BCUT2D eigenvalue weighted by Crippen LogP contribution is 2.25. The molecule has 0 saturated heterocycles. The van der Waals surface area contributed by atoms with Crippen molar-refractivity contribution in [1.82, 2.24) is 5.32 Å². The summed E-state index contributed by atoms with van der Waals surface area (Å²) in [7, 11) is 0. The SMILES string of the molecule is CCC(CC)(CNC(=O)C(C)CCOc1ccccc1)C(=O)O. The molecule has 128 valence electrons. The number of carboxylic acids is 1. The van der Waals surface area contributed by atoms with E-state index in [2.05, 4.69) is 5.32 Å². The van der Waals surface area contributed by atoms with E-state index in [1.54, 1.807) is 0 Å². The number of hydrogen-bond donors (Lipinski definition) is 2. The molecule has 1 amide bonds. The van der Waals surface area contributed by atoms with Gasteiger partial charge in [-0.25, -0.2) is 0 Å². The minimum Gasteiger partial charge on any atom is -0.494 e. The van der Waals surface area contributed by atoms with E-state index in [1.807, 2.05) is 51.1 Å². The molecule has 0 aliphatic rings. The predicted octanol–water partition coefficient (Wildman–Crippen LogP) is 3.10. The molecule has 2 N–H and O–H groups in total. The Morgan fingerprint density at radius 3 is 2.35 bits per heavy atom. The largest absolute Gasteiger partial charge is 0.494 e. The van der Waals surface area contributed by atoms with Crippen LogP contribution < -0.4 is 10.1 Å². The highest BCUT2D eigenvalue weighted by Gasteiger charge is 2.35. The zero-order valence-electron chi connectivity index (χ0n) is 14.2. The fourth-order valence-corrected chi connectivity index (χ4v) is 2.31. The third-order valence-corrected chi connectivity index (χ3v) is 4.42. The van der Waals surface area contributed by atoms with Crippen molar-refractivity contribution in [1.29, 1.82) is 0 Å². The molecule has 1 atom stereocenters. The van der Waals surface area contributed by atoms with Crippen LogP contribution in [0.2, 0.25) is 0 Å². The third-order valence-electron chi connectivity index (χ3n) is 4.42. The summed E-state index contributed by atoms with van der Waals surface area (Å²) in [5.41, 5.74) is -0.879. The van der Waals surface area contributed by atoms with Gasteiger partial charge in [0.25, 0.3) is 0 Å². The second-order valence-electron chi connectivity index (χ2n) is 5.86. The van der Waals surface area contributed by atoms with E-state index in [4.69, 9.17) is 4.74 Å². The minimum absolute atomic E-state index is 0.130. The topological polar surface area (TPSA) is 75.6 Å². The van der Waals surface area contributed by atoms with Crippen LogP contribution in [0.15, 0.2) is 30.3 Å². The first-order valence-electron chi connectivity index (χ1n) is 8.14. The summed E-state index contributed by atoms with van der Waals surface area (Å²) >= 11 is 0. The molecule has 5 heteroatoms. The maximum atomic E-state index is 12.1. The number of ether oxygens (including phenoxy) is 1. The Morgan fingerprint density at radius 2 is 1.83 bits per heavy atom. The van der Waals surface area contributed by atoms with Gasteiger partial charge < -0.3 is 15.2 Å². The van der Waals surface area contributed by atoms with Crippen LogP contribution in [0, 0.1) is 11.3 Å². The van der Waals surface area contributed by atoms with Crippen LogP contribution in [0.4, 0.5) is 0 Å². The second kappa shape index (κ2) is 9.18. The Bertz CT molecular complexity index is 497. The summed E-state index contributed by atoms with van der Waals surface area (Å²) < 4.78 is 5.58. The number of carboxylic acid groups (broad SMARTS) is 1. The molecule has 1 unspecified atom stereocenters. The first kappa shape index (κ1) is 19.0. The lowest BCUT2D eigenvalue weighted by molar-refractivity contribution is -0.149. The van der Waals surface area contributed by atoms with Gasteiger partial charge in [0.2, 0.25) is 5.91 Å². The Balaban J connectivity index is 2.40. The van der Waals surface area contributed by atoms with E-state index < -0.39 is 11.4 Å². The highest BCUT2D eigenvalue weighted by atomic mass is 16.5.